The first-order chi connectivity index (χ1) is 9.33. The molecule has 120 valence electrons. The molecule has 1 aliphatic rings. The van der Waals surface area contributed by atoms with Gasteiger partial charge in [-0.2, -0.15) is 0 Å². The Labute approximate surface area is 130 Å². The fraction of sp³-hybridized carbons (Fsp3) is 0.737. The van der Waals surface area contributed by atoms with Crippen molar-refractivity contribution in [1.29, 1.82) is 0 Å². The minimum Gasteiger partial charge on any atom is -0.478 e. The van der Waals surface area contributed by atoms with Crippen LogP contribution in [-0.4, -0.2) is 11.1 Å². The second-order valence-corrected chi connectivity index (χ2v) is 8.92. The third kappa shape index (κ3) is 4.72. The largest absolute Gasteiger partial charge is 0.478 e. The topological polar surface area (TPSA) is 37.3 Å². The van der Waals surface area contributed by atoms with Crippen LogP contribution in [0.1, 0.15) is 68.2 Å². The summed E-state index contributed by atoms with van der Waals surface area (Å²) in [6, 6.07) is 0. The van der Waals surface area contributed by atoms with E-state index >= 15 is 0 Å². The smallest absolute Gasteiger partial charge is 0.335 e. The van der Waals surface area contributed by atoms with Crippen molar-refractivity contribution in [3.63, 3.8) is 0 Å². The lowest BCUT2D eigenvalue weighted by molar-refractivity contribution is -0.132. The molecule has 0 aromatic rings. The first kappa shape index (κ1) is 18.0. The quantitative estimate of drug-likeness (QED) is 0.750. The van der Waals surface area contributed by atoms with Crippen LogP contribution < -0.4 is 0 Å². The first-order valence-electron chi connectivity index (χ1n) is 7.95. The molecule has 0 amide bonds. The van der Waals surface area contributed by atoms with Gasteiger partial charge in [-0.15, -0.1) is 0 Å². The summed E-state index contributed by atoms with van der Waals surface area (Å²) in [5, 5.41) is 9.35. The maximum Gasteiger partial charge on any atom is 0.335 e. The normalized spacial score (nSPS) is 22.1. The lowest BCUT2D eigenvalue weighted by Gasteiger charge is -2.41. The Morgan fingerprint density at radius 3 is 2.10 bits per heavy atom. The van der Waals surface area contributed by atoms with Crippen LogP contribution in [0.25, 0.3) is 0 Å². The molecule has 0 fully saturated rings. The van der Waals surface area contributed by atoms with Crippen LogP contribution in [0, 0.1) is 22.7 Å². The van der Waals surface area contributed by atoms with Gasteiger partial charge in [0.25, 0.3) is 0 Å². The second kappa shape index (κ2) is 5.98. The van der Waals surface area contributed by atoms with Crippen LogP contribution in [0.3, 0.4) is 0 Å². The molecule has 0 bridgehead atoms. The number of rotatable bonds is 3. The lowest BCUT2D eigenvalue weighted by atomic mass is 9.63. The van der Waals surface area contributed by atoms with Gasteiger partial charge in [0.2, 0.25) is 0 Å². The Kier molecular flexibility index (Phi) is 5.13. The summed E-state index contributed by atoms with van der Waals surface area (Å²) in [6.45, 7) is 17.7. The van der Waals surface area contributed by atoms with E-state index in [2.05, 4.69) is 47.6 Å². The predicted molar refractivity (Wildman–Crippen MR) is 89.2 cm³/mol. The number of carboxylic acids is 1. The number of aliphatic carboxylic acids is 1. The predicted octanol–water partition coefficient (Wildman–Crippen LogP) is 5.45. The van der Waals surface area contributed by atoms with Gasteiger partial charge in [-0.05, 0) is 54.9 Å². The molecular weight excluding hydrogens is 260 g/mol. The van der Waals surface area contributed by atoms with Gasteiger partial charge < -0.3 is 5.11 Å². The van der Waals surface area contributed by atoms with Gasteiger partial charge in [0.15, 0.2) is 0 Å². The summed E-state index contributed by atoms with van der Waals surface area (Å²) in [4.78, 5) is 11.4. The van der Waals surface area contributed by atoms with Crippen LogP contribution in [0.2, 0.25) is 0 Å². The summed E-state index contributed by atoms with van der Waals surface area (Å²) in [5.41, 5.74) is 2.98. The van der Waals surface area contributed by atoms with Gasteiger partial charge in [0, 0.05) is 0 Å². The van der Waals surface area contributed by atoms with Gasteiger partial charge in [0.05, 0.1) is 5.57 Å². The molecule has 0 radical (unpaired) electrons. The zero-order valence-electron chi connectivity index (χ0n) is 15.0. The van der Waals surface area contributed by atoms with Crippen LogP contribution in [0.15, 0.2) is 22.8 Å². The molecular formula is C19H32O2. The van der Waals surface area contributed by atoms with Crippen LogP contribution >= 0.6 is 0 Å². The Bertz CT molecular complexity index is 467. The zero-order valence-corrected chi connectivity index (χ0v) is 15.0. The SMILES string of the molecule is CC1=CC(C(CC(C)(C)C)C(C)(C)C)CC(C)=C1C(=O)O. The molecule has 1 aliphatic carbocycles. The van der Waals surface area contributed by atoms with E-state index < -0.39 is 5.97 Å². The van der Waals surface area contributed by atoms with E-state index in [4.69, 9.17) is 0 Å². The highest BCUT2D eigenvalue weighted by molar-refractivity contribution is 5.92. The van der Waals surface area contributed by atoms with E-state index in [9.17, 15) is 9.90 Å². The Morgan fingerprint density at radius 1 is 1.24 bits per heavy atom. The molecule has 1 rings (SSSR count). The van der Waals surface area contributed by atoms with Crippen LogP contribution in [0.5, 0.6) is 0 Å². The van der Waals surface area contributed by atoms with E-state index in [1.165, 1.54) is 0 Å². The molecule has 0 spiro atoms. The van der Waals surface area contributed by atoms with Crippen molar-refractivity contribution < 1.29 is 9.90 Å². The monoisotopic (exact) mass is 292 g/mol. The molecule has 2 atom stereocenters. The molecule has 1 N–H and O–H groups in total. The fourth-order valence-corrected chi connectivity index (χ4v) is 3.62. The number of hydrogen-bond donors (Lipinski definition) is 1. The molecule has 2 heteroatoms. The summed E-state index contributed by atoms with van der Waals surface area (Å²) < 4.78 is 0. The van der Waals surface area contributed by atoms with Crippen molar-refractivity contribution in [2.24, 2.45) is 22.7 Å². The first-order valence-corrected chi connectivity index (χ1v) is 7.95. The Morgan fingerprint density at radius 2 is 1.76 bits per heavy atom. The number of hydrogen-bond acceptors (Lipinski definition) is 1. The maximum absolute atomic E-state index is 11.4. The summed E-state index contributed by atoms with van der Waals surface area (Å²) >= 11 is 0. The Balaban J connectivity index is 3.12. The zero-order chi connectivity index (χ0) is 16.6. The molecule has 0 saturated carbocycles. The van der Waals surface area contributed by atoms with E-state index in [1.807, 2.05) is 13.8 Å². The molecule has 0 heterocycles. The van der Waals surface area contributed by atoms with E-state index in [0.717, 1.165) is 24.0 Å². The highest BCUT2D eigenvalue weighted by Crippen LogP contribution is 2.45. The van der Waals surface area contributed by atoms with Crippen molar-refractivity contribution in [2.75, 3.05) is 0 Å². The van der Waals surface area contributed by atoms with Crippen molar-refractivity contribution in [3.8, 4) is 0 Å². The fourth-order valence-electron chi connectivity index (χ4n) is 3.62. The average molecular weight is 292 g/mol. The van der Waals surface area contributed by atoms with Gasteiger partial charge in [0.1, 0.15) is 0 Å². The second-order valence-electron chi connectivity index (χ2n) is 8.92. The van der Waals surface area contributed by atoms with Crippen molar-refractivity contribution in [1.82, 2.24) is 0 Å². The van der Waals surface area contributed by atoms with Crippen LogP contribution in [-0.2, 0) is 4.79 Å². The standard InChI is InChI=1S/C19H32O2/c1-12-9-14(10-13(2)16(12)17(20)21)15(19(6,7)8)11-18(3,4)5/h9,14-15H,10-11H2,1-8H3,(H,20,21). The minimum atomic E-state index is -0.789. The molecule has 0 aliphatic heterocycles. The average Bonchev–Trinajstić information content (AvgIpc) is 2.21. The van der Waals surface area contributed by atoms with E-state index in [0.29, 0.717) is 17.4 Å². The summed E-state index contributed by atoms with van der Waals surface area (Å²) in [5.74, 6) is 0.202. The highest BCUT2D eigenvalue weighted by Gasteiger charge is 2.36. The van der Waals surface area contributed by atoms with Gasteiger partial charge in [-0.1, -0.05) is 53.2 Å². The maximum atomic E-state index is 11.4. The van der Waals surface area contributed by atoms with Gasteiger partial charge in [-0.25, -0.2) is 4.79 Å². The van der Waals surface area contributed by atoms with Crippen molar-refractivity contribution >= 4 is 5.97 Å². The molecule has 0 aromatic carbocycles. The number of carboxylic acid groups (broad SMARTS) is 1. The van der Waals surface area contributed by atoms with E-state index in [-0.39, 0.29) is 10.8 Å². The third-order valence-corrected chi connectivity index (χ3v) is 4.50. The summed E-state index contributed by atoms with van der Waals surface area (Å²) in [7, 11) is 0. The summed E-state index contributed by atoms with van der Waals surface area (Å²) in [6.07, 6.45) is 4.23. The number of carbonyl (C=O) groups is 1. The molecule has 2 nitrogen and oxygen atoms in total. The minimum absolute atomic E-state index is 0.218. The van der Waals surface area contributed by atoms with Crippen molar-refractivity contribution in [3.05, 3.63) is 22.8 Å². The van der Waals surface area contributed by atoms with E-state index in [1.54, 1.807) is 0 Å². The lowest BCUT2D eigenvalue weighted by Crippen LogP contribution is -2.33. The highest BCUT2D eigenvalue weighted by atomic mass is 16.4. The number of allylic oxidation sites excluding steroid dienone is 2. The van der Waals surface area contributed by atoms with Crippen LogP contribution in [0.4, 0.5) is 0 Å². The van der Waals surface area contributed by atoms with Gasteiger partial charge in [-0.3, -0.25) is 0 Å². The van der Waals surface area contributed by atoms with Crippen molar-refractivity contribution in [2.45, 2.75) is 68.2 Å². The van der Waals surface area contributed by atoms with Gasteiger partial charge >= 0.3 is 5.97 Å². The molecule has 0 saturated heterocycles. The molecule has 21 heavy (non-hydrogen) atoms. The molecule has 2 unspecified atom stereocenters. The Hall–Kier alpha value is -1.05. The third-order valence-electron chi connectivity index (χ3n) is 4.50. The molecule has 0 aromatic heterocycles.